The topological polar surface area (TPSA) is 81.4 Å². The first-order valence-electron chi connectivity index (χ1n) is 8.06. The second-order valence-electron chi connectivity index (χ2n) is 5.80. The Morgan fingerprint density at radius 1 is 1.04 bits per heavy atom. The van der Waals surface area contributed by atoms with Crippen molar-refractivity contribution >= 4 is 11.9 Å². The number of hydrogen-bond donors (Lipinski definition) is 1. The van der Waals surface area contributed by atoms with Crippen LogP contribution in [-0.4, -0.2) is 24.1 Å². The number of carbonyl (C=O) groups is 2. The number of benzene rings is 2. The van der Waals surface area contributed by atoms with E-state index >= 15 is 0 Å². The van der Waals surface area contributed by atoms with E-state index in [1.165, 1.54) is 12.7 Å². The summed E-state index contributed by atoms with van der Waals surface area (Å²) in [5, 5.41) is 6.75. The van der Waals surface area contributed by atoms with Crippen LogP contribution in [0.15, 0.2) is 59.1 Å². The number of rotatable bonds is 5. The molecular formula is C20H18N2O4. The van der Waals surface area contributed by atoms with E-state index in [0.717, 1.165) is 5.56 Å². The highest BCUT2D eigenvalue weighted by atomic mass is 16.5. The van der Waals surface area contributed by atoms with Crippen molar-refractivity contribution in [3.63, 3.8) is 0 Å². The van der Waals surface area contributed by atoms with Crippen LogP contribution < -0.4 is 5.32 Å². The van der Waals surface area contributed by atoms with Crippen LogP contribution in [0.3, 0.4) is 0 Å². The van der Waals surface area contributed by atoms with Crippen molar-refractivity contribution in [2.75, 3.05) is 7.11 Å². The summed E-state index contributed by atoms with van der Waals surface area (Å²) in [6.45, 7) is 2.26. The predicted molar refractivity (Wildman–Crippen MR) is 95.6 cm³/mol. The molecule has 0 aliphatic heterocycles. The molecule has 0 radical (unpaired) electrons. The lowest BCUT2D eigenvalue weighted by molar-refractivity contribution is 0.0600. The van der Waals surface area contributed by atoms with Gasteiger partial charge in [-0.15, -0.1) is 0 Å². The summed E-state index contributed by atoms with van der Waals surface area (Å²) in [6.07, 6.45) is 0. The molecule has 6 nitrogen and oxygen atoms in total. The lowest BCUT2D eigenvalue weighted by Crippen LogP contribution is -2.23. The molecular weight excluding hydrogens is 332 g/mol. The molecule has 0 atom stereocenters. The minimum absolute atomic E-state index is 0.243. The average molecular weight is 350 g/mol. The van der Waals surface area contributed by atoms with Gasteiger partial charge in [0.2, 0.25) is 0 Å². The first-order chi connectivity index (χ1) is 12.6. The molecule has 6 heteroatoms. The Bertz CT molecular complexity index is 912. The molecule has 26 heavy (non-hydrogen) atoms. The smallest absolute Gasteiger partial charge is 0.337 e. The number of ether oxygens (including phenoxy) is 1. The number of carbonyl (C=O) groups excluding carboxylic acids is 2. The van der Waals surface area contributed by atoms with Crippen molar-refractivity contribution in [1.82, 2.24) is 10.5 Å². The average Bonchev–Trinajstić information content (AvgIpc) is 3.15. The first kappa shape index (κ1) is 17.4. The normalized spacial score (nSPS) is 10.4. The molecule has 0 fully saturated rings. The van der Waals surface area contributed by atoms with Gasteiger partial charge in [-0.3, -0.25) is 4.79 Å². The van der Waals surface area contributed by atoms with Gasteiger partial charge in [-0.2, -0.15) is 0 Å². The molecule has 3 rings (SSSR count). The number of aromatic nitrogens is 1. The van der Waals surface area contributed by atoms with Gasteiger partial charge < -0.3 is 14.6 Å². The van der Waals surface area contributed by atoms with Crippen molar-refractivity contribution in [1.29, 1.82) is 0 Å². The molecule has 1 aromatic heterocycles. The minimum Gasteiger partial charge on any atom is -0.465 e. The summed E-state index contributed by atoms with van der Waals surface area (Å²) in [5.74, 6) is -0.0545. The van der Waals surface area contributed by atoms with Gasteiger partial charge in [0, 0.05) is 17.2 Å². The van der Waals surface area contributed by atoms with Crippen molar-refractivity contribution < 1.29 is 18.8 Å². The van der Waals surface area contributed by atoms with Gasteiger partial charge in [-0.05, 0) is 31.2 Å². The van der Waals surface area contributed by atoms with E-state index < -0.39 is 5.97 Å². The quantitative estimate of drug-likeness (QED) is 0.714. The number of nitrogens with zero attached hydrogens (tertiary/aromatic N) is 1. The van der Waals surface area contributed by atoms with E-state index in [0.29, 0.717) is 22.6 Å². The van der Waals surface area contributed by atoms with Crippen LogP contribution in [0.1, 0.15) is 32.0 Å². The van der Waals surface area contributed by atoms with Gasteiger partial charge in [-0.1, -0.05) is 35.0 Å². The van der Waals surface area contributed by atoms with Gasteiger partial charge in [-0.25, -0.2) is 4.79 Å². The fourth-order valence-electron chi connectivity index (χ4n) is 2.40. The zero-order chi connectivity index (χ0) is 18.5. The van der Waals surface area contributed by atoms with Crippen LogP contribution in [0.5, 0.6) is 0 Å². The van der Waals surface area contributed by atoms with Crippen molar-refractivity contribution in [3.05, 3.63) is 77.0 Å². The van der Waals surface area contributed by atoms with Gasteiger partial charge in [0.15, 0.2) is 5.76 Å². The van der Waals surface area contributed by atoms with Crippen LogP contribution in [0.25, 0.3) is 11.3 Å². The maximum Gasteiger partial charge on any atom is 0.337 e. The maximum absolute atomic E-state index is 12.2. The summed E-state index contributed by atoms with van der Waals surface area (Å²) < 4.78 is 9.96. The molecule has 1 amide bonds. The largest absolute Gasteiger partial charge is 0.465 e. The molecule has 0 spiro atoms. The standard InChI is InChI=1S/C20H18N2O4/c1-13-3-5-14(6-4-13)18-11-17(22-26-18)12-21-19(23)15-7-9-16(10-8-15)20(24)25-2/h3-11H,12H2,1-2H3,(H,21,23). The first-order valence-corrected chi connectivity index (χ1v) is 8.06. The third kappa shape index (κ3) is 3.97. The molecule has 1 heterocycles. The Morgan fingerprint density at radius 3 is 2.35 bits per heavy atom. The monoisotopic (exact) mass is 350 g/mol. The zero-order valence-corrected chi connectivity index (χ0v) is 14.5. The summed E-state index contributed by atoms with van der Waals surface area (Å²) in [5.41, 5.74) is 3.56. The van der Waals surface area contributed by atoms with Gasteiger partial charge in [0.25, 0.3) is 5.91 Å². The van der Waals surface area contributed by atoms with Gasteiger partial charge in [0.05, 0.1) is 19.2 Å². The predicted octanol–water partition coefficient (Wildman–Crippen LogP) is 3.37. The van der Waals surface area contributed by atoms with Crippen LogP contribution in [-0.2, 0) is 11.3 Å². The Hall–Kier alpha value is -3.41. The Balaban J connectivity index is 1.61. The molecule has 132 valence electrons. The molecule has 2 aromatic carbocycles. The van der Waals surface area contributed by atoms with Crippen LogP contribution in [0, 0.1) is 6.92 Å². The third-order valence-electron chi connectivity index (χ3n) is 3.89. The SMILES string of the molecule is COC(=O)c1ccc(C(=O)NCc2cc(-c3ccc(C)cc3)on2)cc1. The van der Waals surface area contributed by atoms with Crippen molar-refractivity contribution in [2.24, 2.45) is 0 Å². The summed E-state index contributed by atoms with van der Waals surface area (Å²) in [4.78, 5) is 23.6. The molecule has 3 aromatic rings. The van der Waals surface area contributed by atoms with E-state index in [1.807, 2.05) is 31.2 Å². The number of aryl methyl sites for hydroxylation is 1. The number of hydrogen-bond acceptors (Lipinski definition) is 5. The summed E-state index contributed by atoms with van der Waals surface area (Å²) in [6, 6.07) is 15.9. The fraction of sp³-hybridized carbons (Fsp3) is 0.150. The van der Waals surface area contributed by atoms with Crippen LogP contribution >= 0.6 is 0 Å². The lowest BCUT2D eigenvalue weighted by Gasteiger charge is -2.04. The molecule has 0 unspecified atom stereocenters. The minimum atomic E-state index is -0.441. The molecule has 0 saturated heterocycles. The summed E-state index contributed by atoms with van der Waals surface area (Å²) >= 11 is 0. The zero-order valence-electron chi connectivity index (χ0n) is 14.5. The van der Waals surface area contributed by atoms with E-state index in [2.05, 4.69) is 15.2 Å². The molecule has 0 saturated carbocycles. The van der Waals surface area contributed by atoms with E-state index in [1.54, 1.807) is 30.3 Å². The van der Waals surface area contributed by atoms with Crippen molar-refractivity contribution in [2.45, 2.75) is 13.5 Å². The Kier molecular flexibility index (Phi) is 5.12. The van der Waals surface area contributed by atoms with Crippen molar-refractivity contribution in [3.8, 4) is 11.3 Å². The van der Waals surface area contributed by atoms with Gasteiger partial charge in [0.1, 0.15) is 5.69 Å². The van der Waals surface area contributed by atoms with E-state index in [-0.39, 0.29) is 12.5 Å². The number of methoxy groups -OCH3 is 1. The van der Waals surface area contributed by atoms with Gasteiger partial charge >= 0.3 is 5.97 Å². The summed E-state index contributed by atoms with van der Waals surface area (Å²) in [7, 11) is 1.31. The Morgan fingerprint density at radius 2 is 1.69 bits per heavy atom. The lowest BCUT2D eigenvalue weighted by atomic mass is 10.1. The fourth-order valence-corrected chi connectivity index (χ4v) is 2.40. The molecule has 1 N–H and O–H groups in total. The van der Waals surface area contributed by atoms with Crippen LogP contribution in [0.2, 0.25) is 0 Å². The number of esters is 1. The van der Waals surface area contributed by atoms with E-state index in [9.17, 15) is 9.59 Å². The number of amides is 1. The molecule has 0 aliphatic carbocycles. The molecule has 0 aliphatic rings. The maximum atomic E-state index is 12.2. The van der Waals surface area contributed by atoms with E-state index in [4.69, 9.17) is 4.52 Å². The molecule has 0 bridgehead atoms. The number of nitrogens with one attached hydrogen (secondary N) is 1. The Labute approximate surface area is 150 Å². The highest BCUT2D eigenvalue weighted by Crippen LogP contribution is 2.20. The second kappa shape index (κ2) is 7.65. The van der Waals surface area contributed by atoms with Crippen LogP contribution in [0.4, 0.5) is 0 Å². The second-order valence-corrected chi connectivity index (χ2v) is 5.80. The third-order valence-corrected chi connectivity index (χ3v) is 3.89. The highest BCUT2D eigenvalue weighted by molar-refractivity contribution is 5.96. The highest BCUT2D eigenvalue weighted by Gasteiger charge is 2.11.